The van der Waals surface area contributed by atoms with Gasteiger partial charge in [-0.05, 0) is 60.7 Å². The van der Waals surface area contributed by atoms with Crippen molar-refractivity contribution in [1.29, 1.82) is 0 Å². The monoisotopic (exact) mass is 541 g/mol. The van der Waals surface area contributed by atoms with Crippen LogP contribution in [-0.4, -0.2) is 19.1 Å². The topological polar surface area (TPSA) is 59.6 Å². The van der Waals surface area contributed by atoms with Crippen LogP contribution in [0, 0.1) is 0 Å². The number of nitrogens with one attached hydrogen (secondary N) is 1. The molecule has 0 radical (unpaired) electrons. The number of nitrogens with two attached hydrogens (primary N) is 1. The van der Waals surface area contributed by atoms with Crippen LogP contribution in [0.2, 0.25) is 18.1 Å². The van der Waals surface area contributed by atoms with Crippen molar-refractivity contribution >= 4 is 63.2 Å². The van der Waals surface area contributed by atoms with E-state index in [1.165, 1.54) is 0 Å². The van der Waals surface area contributed by atoms with Crippen molar-refractivity contribution in [3.63, 3.8) is 0 Å². The first-order chi connectivity index (χ1) is 12.9. The average molecular weight is 543 g/mol. The first kappa shape index (κ1) is 23.1. The van der Waals surface area contributed by atoms with Crippen LogP contribution in [0.4, 0.5) is 0 Å². The third-order valence-electron chi connectivity index (χ3n) is 4.70. The first-order valence-corrected chi connectivity index (χ1v) is 13.7. The van der Waals surface area contributed by atoms with Gasteiger partial charge in [-0.25, -0.2) is 0 Å². The second kappa shape index (κ2) is 9.07. The Morgan fingerprint density at radius 1 is 1.07 bits per heavy atom. The second-order valence-corrected chi connectivity index (χ2v) is 15.0. The lowest BCUT2D eigenvalue weighted by molar-refractivity contribution is 0.492. The number of rotatable bonds is 5. The molecule has 0 aliphatic rings. The Morgan fingerprint density at radius 3 is 2.29 bits per heavy atom. The summed E-state index contributed by atoms with van der Waals surface area (Å²) < 4.78 is 8.37. The van der Waals surface area contributed by atoms with Crippen LogP contribution in [0.1, 0.15) is 31.9 Å². The molecule has 2 rings (SSSR count). The molecule has 0 spiro atoms. The van der Waals surface area contributed by atoms with E-state index in [9.17, 15) is 0 Å². The van der Waals surface area contributed by atoms with Gasteiger partial charge in [0.05, 0.1) is 5.71 Å². The molecular weight excluding hydrogens is 518 g/mol. The van der Waals surface area contributed by atoms with Crippen molar-refractivity contribution in [2.75, 3.05) is 0 Å². The van der Waals surface area contributed by atoms with Gasteiger partial charge < -0.3 is 10.2 Å². The summed E-state index contributed by atoms with van der Waals surface area (Å²) in [6, 6.07) is 13.9. The normalized spacial score (nSPS) is 12.6. The van der Waals surface area contributed by atoms with Crippen LogP contribution >= 0.6 is 44.1 Å². The van der Waals surface area contributed by atoms with Crippen molar-refractivity contribution in [1.82, 2.24) is 5.43 Å². The summed E-state index contributed by atoms with van der Waals surface area (Å²) in [5.41, 5.74) is 10.8. The smallest absolute Gasteiger partial charge is 0.250 e. The van der Waals surface area contributed by atoms with Crippen LogP contribution < -0.4 is 15.6 Å². The van der Waals surface area contributed by atoms with Gasteiger partial charge in [0.1, 0.15) is 5.75 Å². The van der Waals surface area contributed by atoms with Gasteiger partial charge >= 0.3 is 0 Å². The minimum atomic E-state index is -1.98. The third-order valence-corrected chi connectivity index (χ3v) is 10.1. The Morgan fingerprint density at radius 2 is 1.71 bits per heavy atom. The highest BCUT2D eigenvalue weighted by molar-refractivity contribution is 9.10. The summed E-state index contributed by atoms with van der Waals surface area (Å²) in [5, 5.41) is 4.66. The molecule has 0 saturated carbocycles. The van der Waals surface area contributed by atoms with E-state index in [-0.39, 0.29) is 10.2 Å². The minimum absolute atomic E-state index is 0.101. The molecule has 0 aromatic heterocycles. The maximum Gasteiger partial charge on any atom is 0.250 e. The van der Waals surface area contributed by atoms with E-state index >= 15 is 0 Å². The Kier molecular flexibility index (Phi) is 7.47. The molecule has 8 heteroatoms. The molecule has 0 aliphatic heterocycles. The highest BCUT2D eigenvalue weighted by atomic mass is 79.9. The van der Waals surface area contributed by atoms with Gasteiger partial charge in [0.2, 0.25) is 8.32 Å². The Balaban J connectivity index is 2.54. The Labute approximate surface area is 190 Å². The zero-order chi connectivity index (χ0) is 21.1. The van der Waals surface area contributed by atoms with Crippen LogP contribution in [0.25, 0.3) is 0 Å². The number of hydrogen-bond acceptors (Lipinski definition) is 3. The molecule has 150 valence electrons. The number of benzene rings is 2. The molecular formula is C20H25Br2N3OSSi. The molecule has 0 bridgehead atoms. The van der Waals surface area contributed by atoms with Gasteiger partial charge in [-0.15, -0.1) is 0 Å². The molecule has 4 nitrogen and oxygen atoms in total. The van der Waals surface area contributed by atoms with Crippen LogP contribution in [-0.2, 0) is 0 Å². The van der Waals surface area contributed by atoms with E-state index < -0.39 is 8.32 Å². The summed E-state index contributed by atoms with van der Waals surface area (Å²) in [7, 11) is -1.98. The van der Waals surface area contributed by atoms with Crippen LogP contribution in [0.5, 0.6) is 5.75 Å². The molecule has 0 unspecified atom stereocenters. The summed E-state index contributed by atoms with van der Waals surface area (Å²) in [5.74, 6) is 0.814. The van der Waals surface area contributed by atoms with Crippen molar-refractivity contribution < 1.29 is 4.43 Å². The van der Waals surface area contributed by atoms with Gasteiger partial charge in [-0.1, -0.05) is 64.8 Å². The number of hydrazone groups is 1. The van der Waals surface area contributed by atoms with E-state index in [1.54, 1.807) is 0 Å². The molecule has 0 heterocycles. The maximum absolute atomic E-state index is 6.50. The average Bonchev–Trinajstić information content (AvgIpc) is 2.52. The highest BCUT2D eigenvalue weighted by Gasteiger charge is 2.39. The summed E-state index contributed by atoms with van der Waals surface area (Å²) in [6.07, 6.45) is 0. The molecule has 2 aromatic carbocycles. The molecule has 0 amide bonds. The molecule has 0 aliphatic carbocycles. The van der Waals surface area contributed by atoms with Gasteiger partial charge in [0.15, 0.2) is 5.11 Å². The van der Waals surface area contributed by atoms with Crippen molar-refractivity contribution in [2.24, 2.45) is 10.8 Å². The third kappa shape index (κ3) is 6.14. The predicted octanol–water partition coefficient (Wildman–Crippen LogP) is 6.18. The molecule has 28 heavy (non-hydrogen) atoms. The van der Waals surface area contributed by atoms with Crippen LogP contribution in [0.15, 0.2) is 56.5 Å². The fourth-order valence-electron chi connectivity index (χ4n) is 2.25. The van der Waals surface area contributed by atoms with Gasteiger partial charge in [-0.3, -0.25) is 5.43 Å². The molecule has 2 aromatic rings. The Hall–Kier alpha value is -1.22. The fraction of sp³-hybridized carbons (Fsp3) is 0.300. The molecule has 0 saturated heterocycles. The summed E-state index contributed by atoms with van der Waals surface area (Å²) in [6.45, 7) is 11.1. The standard InChI is InChI=1S/C20H25Br2N3OSSi/c1-20(2,3)28(4,5)26-17-11-14(10-16(22)12-17)18(24-25-19(23)27)13-7-6-8-15(21)9-13/h6-12H,1-5H3,(H3,23,25,27)/b24-18-. The lowest BCUT2D eigenvalue weighted by Gasteiger charge is -2.36. The zero-order valence-corrected chi connectivity index (χ0v) is 21.6. The predicted molar refractivity (Wildman–Crippen MR) is 132 cm³/mol. The van der Waals surface area contributed by atoms with Crippen molar-refractivity contribution in [3.05, 3.63) is 62.5 Å². The van der Waals surface area contributed by atoms with E-state index in [4.69, 9.17) is 22.4 Å². The first-order valence-electron chi connectivity index (χ1n) is 8.78. The van der Waals surface area contributed by atoms with Gasteiger partial charge in [-0.2, -0.15) is 5.10 Å². The van der Waals surface area contributed by atoms with E-state index in [1.807, 2.05) is 42.5 Å². The van der Waals surface area contributed by atoms with E-state index in [0.717, 1.165) is 31.5 Å². The SMILES string of the molecule is CC(C)(C)[Si](C)(C)Oc1cc(Br)cc(/C(=N\NC(N)=S)c2cccc(Br)c2)c1. The zero-order valence-electron chi connectivity index (χ0n) is 16.6. The maximum atomic E-state index is 6.50. The molecule has 3 N–H and O–H groups in total. The van der Waals surface area contributed by atoms with Crippen molar-refractivity contribution in [2.45, 2.75) is 38.9 Å². The Bertz CT molecular complexity index is 911. The highest BCUT2D eigenvalue weighted by Crippen LogP contribution is 2.38. The van der Waals surface area contributed by atoms with Gasteiger partial charge in [0.25, 0.3) is 0 Å². The summed E-state index contributed by atoms with van der Waals surface area (Å²) in [4.78, 5) is 0. The number of nitrogens with zero attached hydrogens (tertiary/aromatic N) is 1. The van der Waals surface area contributed by atoms with E-state index in [0.29, 0.717) is 0 Å². The molecule has 0 fully saturated rings. The largest absolute Gasteiger partial charge is 0.543 e. The van der Waals surface area contributed by atoms with Crippen molar-refractivity contribution in [3.8, 4) is 5.75 Å². The van der Waals surface area contributed by atoms with Crippen LogP contribution in [0.3, 0.4) is 0 Å². The lowest BCUT2D eigenvalue weighted by atomic mass is 10.0. The second-order valence-electron chi connectivity index (χ2n) is 7.98. The minimum Gasteiger partial charge on any atom is -0.543 e. The number of thiocarbonyl (C=S) groups is 1. The van der Waals surface area contributed by atoms with Gasteiger partial charge in [0, 0.05) is 20.1 Å². The van der Waals surface area contributed by atoms with E-state index in [2.05, 4.69) is 76.3 Å². The molecule has 0 atom stereocenters. The lowest BCUT2D eigenvalue weighted by Crippen LogP contribution is -2.43. The number of hydrogen-bond donors (Lipinski definition) is 2. The fourth-order valence-corrected chi connectivity index (χ4v) is 4.18. The summed E-state index contributed by atoms with van der Waals surface area (Å²) >= 11 is 12.1. The number of halogens is 2. The quantitative estimate of drug-likeness (QED) is 0.205.